The Morgan fingerprint density at radius 1 is 1.36 bits per heavy atom. The molecule has 0 bridgehead atoms. The lowest BCUT2D eigenvalue weighted by atomic mass is 10.1. The van der Waals surface area contributed by atoms with Gasteiger partial charge in [0.15, 0.2) is 25.1 Å². The van der Waals surface area contributed by atoms with Crippen LogP contribution in [-0.4, -0.2) is 69.9 Å². The molecule has 1 aromatic heterocycles. The largest absolute Gasteiger partial charge is 0.454 e. The van der Waals surface area contributed by atoms with Gasteiger partial charge in [-0.2, -0.15) is 4.98 Å². The molecule has 1 aliphatic rings. The van der Waals surface area contributed by atoms with Crippen LogP contribution in [0, 0.1) is 0 Å². The second-order valence-corrected chi connectivity index (χ2v) is 8.13. The van der Waals surface area contributed by atoms with E-state index < -0.39 is 67.1 Å². The Hall–Kier alpha value is -3.32. The molecule has 0 aliphatic carbocycles. The third-order valence-corrected chi connectivity index (χ3v) is 4.12. The molecule has 33 heavy (non-hydrogen) atoms. The molecule has 0 radical (unpaired) electrons. The number of ether oxygens (including phenoxy) is 4. The van der Waals surface area contributed by atoms with Gasteiger partial charge in [0.2, 0.25) is 0 Å². The summed E-state index contributed by atoms with van der Waals surface area (Å²) in [6.45, 7) is 8.17. The zero-order valence-electron chi connectivity index (χ0n) is 18.6. The Morgan fingerprint density at radius 2 is 2.03 bits per heavy atom. The van der Waals surface area contributed by atoms with Crippen molar-refractivity contribution < 1.29 is 42.8 Å². The third-order valence-electron chi connectivity index (χ3n) is 4.12. The van der Waals surface area contributed by atoms with E-state index in [1.54, 1.807) is 20.8 Å². The number of aromatic nitrogens is 2. The number of carbonyl (C=O) groups excluding carboxylic acids is 3. The first-order valence-electron chi connectivity index (χ1n) is 9.84. The van der Waals surface area contributed by atoms with Crippen LogP contribution in [0.25, 0.3) is 0 Å². The first-order chi connectivity index (χ1) is 15.3. The minimum atomic E-state index is -2.06. The van der Waals surface area contributed by atoms with Crippen molar-refractivity contribution in [3.63, 3.8) is 0 Å². The average molecular weight is 471 g/mol. The predicted octanol–water partition coefficient (Wildman–Crippen LogP) is 0.849. The van der Waals surface area contributed by atoms with Crippen molar-refractivity contribution in [3.8, 4) is 0 Å². The van der Waals surface area contributed by atoms with Gasteiger partial charge in [0.05, 0.1) is 6.61 Å². The van der Waals surface area contributed by atoms with Gasteiger partial charge in [-0.15, -0.1) is 0 Å². The smallest absolute Gasteiger partial charge is 0.413 e. The molecule has 12 nitrogen and oxygen atoms in total. The van der Waals surface area contributed by atoms with Crippen LogP contribution in [0.5, 0.6) is 0 Å². The van der Waals surface area contributed by atoms with Crippen molar-refractivity contribution in [3.05, 3.63) is 34.9 Å². The molecule has 1 aromatic rings. The van der Waals surface area contributed by atoms with Gasteiger partial charge >= 0.3 is 23.7 Å². The molecule has 0 aromatic carbocycles. The van der Waals surface area contributed by atoms with E-state index in [0.29, 0.717) is 0 Å². The summed E-state index contributed by atoms with van der Waals surface area (Å²) in [6, 6.07) is 1.21. The van der Waals surface area contributed by atoms with Crippen LogP contribution in [0.1, 0.15) is 33.9 Å². The quantitative estimate of drug-likeness (QED) is 0.332. The van der Waals surface area contributed by atoms with E-state index in [-0.39, 0.29) is 11.4 Å². The summed E-state index contributed by atoms with van der Waals surface area (Å²) in [5, 5.41) is 11.8. The van der Waals surface area contributed by atoms with Gasteiger partial charge in [0.25, 0.3) is 0 Å². The van der Waals surface area contributed by atoms with Crippen molar-refractivity contribution in [2.24, 2.45) is 0 Å². The van der Waals surface area contributed by atoms with Crippen molar-refractivity contribution in [1.82, 2.24) is 9.55 Å². The standard InChI is InChI=1S/C20H26FN3O9/c1-10(2)17(27)30-9-13(26)32-15-11(8-25)31-16(14(15)21)24-7-6-12(22-18(24)28)23-19(29)33-20(3,4)5/h6-7,11,14-16,25H,1,8-9H2,2-5H3,(H,22,23,28,29)/t11-,14?,15+,16-/m1/s1. The number of hydrogen-bond donors (Lipinski definition) is 2. The summed E-state index contributed by atoms with van der Waals surface area (Å²) in [5.74, 6) is -2.05. The Labute approximate surface area is 188 Å². The van der Waals surface area contributed by atoms with Gasteiger partial charge in [-0.05, 0) is 33.8 Å². The number of rotatable bonds is 7. The molecule has 2 heterocycles. The molecule has 4 atom stereocenters. The number of halogens is 1. The average Bonchev–Trinajstić information content (AvgIpc) is 3.00. The number of hydrogen-bond acceptors (Lipinski definition) is 10. The molecule has 1 unspecified atom stereocenters. The molecule has 1 aliphatic heterocycles. The zero-order chi connectivity index (χ0) is 24.9. The van der Waals surface area contributed by atoms with Gasteiger partial charge in [0.1, 0.15) is 17.5 Å². The van der Waals surface area contributed by atoms with Crippen LogP contribution in [-0.2, 0) is 28.5 Å². The molecule has 0 saturated carbocycles. The molecular formula is C20H26FN3O9. The Kier molecular flexibility index (Phi) is 8.28. The van der Waals surface area contributed by atoms with Crippen molar-refractivity contribution in [1.29, 1.82) is 0 Å². The van der Waals surface area contributed by atoms with Crippen molar-refractivity contribution >= 4 is 23.8 Å². The van der Waals surface area contributed by atoms with Crippen LogP contribution in [0.15, 0.2) is 29.2 Å². The fraction of sp³-hybridized carbons (Fsp3) is 0.550. The fourth-order valence-electron chi connectivity index (χ4n) is 2.72. The fourth-order valence-corrected chi connectivity index (χ4v) is 2.72. The molecule has 1 amide bonds. The van der Waals surface area contributed by atoms with Crippen LogP contribution in [0.2, 0.25) is 0 Å². The van der Waals surface area contributed by atoms with Gasteiger partial charge in [0, 0.05) is 11.8 Å². The number of aliphatic hydroxyl groups is 1. The molecule has 182 valence electrons. The molecular weight excluding hydrogens is 445 g/mol. The zero-order valence-corrected chi connectivity index (χ0v) is 18.6. The highest BCUT2D eigenvalue weighted by molar-refractivity contribution is 5.88. The molecule has 13 heteroatoms. The maximum atomic E-state index is 15.0. The minimum absolute atomic E-state index is 0.0557. The van der Waals surface area contributed by atoms with E-state index in [9.17, 15) is 24.3 Å². The SMILES string of the molecule is C=C(C)C(=O)OCC(=O)O[C@@H]1C(F)[C@H](n2ccc(NC(=O)OC(C)(C)C)nc2=O)O[C@@H]1CO. The molecule has 1 fully saturated rings. The van der Waals surface area contributed by atoms with Gasteiger partial charge in [-0.25, -0.2) is 23.6 Å². The molecule has 2 N–H and O–H groups in total. The third kappa shape index (κ3) is 7.08. The van der Waals surface area contributed by atoms with Crippen molar-refractivity contribution in [2.75, 3.05) is 18.5 Å². The van der Waals surface area contributed by atoms with Gasteiger partial charge in [-0.1, -0.05) is 6.58 Å². The number of anilines is 1. The first-order valence-corrected chi connectivity index (χ1v) is 9.84. The van der Waals surface area contributed by atoms with E-state index in [2.05, 4.69) is 21.6 Å². The van der Waals surface area contributed by atoms with E-state index >= 15 is 4.39 Å². The number of nitrogens with one attached hydrogen (secondary N) is 1. The Balaban J connectivity index is 2.09. The van der Waals surface area contributed by atoms with E-state index in [1.807, 2.05) is 0 Å². The highest BCUT2D eigenvalue weighted by atomic mass is 19.1. The van der Waals surface area contributed by atoms with Gasteiger partial charge in [-0.3, -0.25) is 9.88 Å². The van der Waals surface area contributed by atoms with Crippen LogP contribution in [0.3, 0.4) is 0 Å². The summed E-state index contributed by atoms with van der Waals surface area (Å²) < 4.78 is 35.8. The van der Waals surface area contributed by atoms with E-state index in [4.69, 9.17) is 14.2 Å². The monoisotopic (exact) mass is 471 g/mol. The van der Waals surface area contributed by atoms with Gasteiger partial charge < -0.3 is 24.1 Å². The predicted molar refractivity (Wildman–Crippen MR) is 110 cm³/mol. The number of amides is 1. The lowest BCUT2D eigenvalue weighted by molar-refractivity contribution is -0.164. The van der Waals surface area contributed by atoms with Crippen molar-refractivity contribution in [2.45, 2.75) is 57.9 Å². The summed E-state index contributed by atoms with van der Waals surface area (Å²) >= 11 is 0. The maximum absolute atomic E-state index is 15.0. The normalized spacial score (nSPS) is 22.4. The topological polar surface area (TPSA) is 155 Å². The van der Waals surface area contributed by atoms with Crippen LogP contribution < -0.4 is 11.0 Å². The summed E-state index contributed by atoms with van der Waals surface area (Å²) in [5.41, 5.74) is -1.69. The lowest BCUT2D eigenvalue weighted by Gasteiger charge is -2.20. The molecule has 2 rings (SSSR count). The number of nitrogens with zero attached hydrogens (tertiary/aromatic N) is 2. The highest BCUT2D eigenvalue weighted by Crippen LogP contribution is 2.33. The summed E-state index contributed by atoms with van der Waals surface area (Å²) in [4.78, 5) is 51.1. The minimum Gasteiger partial charge on any atom is -0.454 e. The van der Waals surface area contributed by atoms with Crippen LogP contribution >= 0.6 is 0 Å². The second-order valence-electron chi connectivity index (χ2n) is 8.13. The first kappa shape index (κ1) is 25.9. The van der Waals surface area contributed by atoms with E-state index in [1.165, 1.54) is 13.0 Å². The molecule has 1 saturated heterocycles. The number of alkyl halides is 1. The molecule has 0 spiro atoms. The van der Waals surface area contributed by atoms with Crippen LogP contribution in [0.4, 0.5) is 15.0 Å². The Bertz CT molecular complexity index is 972. The highest BCUT2D eigenvalue weighted by Gasteiger charge is 2.48. The Morgan fingerprint density at radius 3 is 2.58 bits per heavy atom. The van der Waals surface area contributed by atoms with E-state index in [0.717, 1.165) is 10.8 Å². The number of carbonyl (C=O) groups is 3. The summed E-state index contributed by atoms with van der Waals surface area (Å²) in [7, 11) is 0. The summed E-state index contributed by atoms with van der Waals surface area (Å²) in [6.07, 6.45) is -6.24. The number of esters is 2. The number of aliphatic hydroxyl groups excluding tert-OH is 1. The second kappa shape index (κ2) is 10.5. The maximum Gasteiger partial charge on any atom is 0.413 e. The lowest BCUT2D eigenvalue weighted by Crippen LogP contribution is -2.38.